The number of benzene rings is 3. The molecule has 4 nitrogen and oxygen atoms in total. The maximum atomic E-state index is 14.0. The van der Waals surface area contributed by atoms with Gasteiger partial charge in [0, 0.05) is 40.9 Å². The average molecular weight is 526 g/mol. The van der Waals surface area contributed by atoms with E-state index in [0.29, 0.717) is 12.5 Å². The minimum absolute atomic E-state index is 0.109. The molecule has 2 aliphatic rings. The predicted molar refractivity (Wildman–Crippen MR) is 155 cm³/mol. The average Bonchev–Trinajstić information content (AvgIpc) is 3.43. The molecule has 2 fully saturated rings. The highest BCUT2D eigenvalue weighted by atomic mass is 32.2. The Morgan fingerprint density at radius 2 is 1.71 bits per heavy atom. The van der Waals surface area contributed by atoms with Crippen molar-refractivity contribution in [1.82, 2.24) is 9.47 Å². The normalized spacial score (nSPS) is 22.9. The van der Waals surface area contributed by atoms with Crippen LogP contribution in [0.25, 0.3) is 17.0 Å². The Morgan fingerprint density at radius 3 is 2.50 bits per heavy atom. The standard InChI is InChI=1S/C32H32FN3OS/c1-22-9-5-7-13-28(22)36-31(37)30(38-32(36)34-26-10-3-2-4-11-26)19-24-21-35(29-14-8-6-12-27(24)29)20-23-15-17-25(33)18-16-23/h2-4,6,8,10-12,14-19,21-22,28,32,34H,5,7,9,13,20H2,1H3/b30-19-/t22-,28-,32?/m1/s1. The number of carbonyl (C=O) groups is 1. The number of halogens is 1. The first-order valence-electron chi connectivity index (χ1n) is 13.4. The van der Waals surface area contributed by atoms with Crippen molar-refractivity contribution in [2.24, 2.45) is 5.92 Å². The smallest absolute Gasteiger partial charge is 0.262 e. The van der Waals surface area contributed by atoms with Crippen LogP contribution in [-0.4, -0.2) is 26.9 Å². The molecule has 1 amide bonds. The number of hydrogen-bond acceptors (Lipinski definition) is 3. The number of anilines is 1. The van der Waals surface area contributed by atoms with Gasteiger partial charge in [-0.1, -0.05) is 80.1 Å². The number of thioether (sulfide) groups is 1. The number of rotatable bonds is 6. The van der Waals surface area contributed by atoms with Crippen LogP contribution in [0.5, 0.6) is 0 Å². The molecule has 1 aliphatic carbocycles. The van der Waals surface area contributed by atoms with Crippen LogP contribution in [0.15, 0.2) is 90.0 Å². The molecule has 0 bridgehead atoms. The first kappa shape index (κ1) is 24.8. The van der Waals surface area contributed by atoms with Crippen LogP contribution in [0.4, 0.5) is 10.1 Å². The Kier molecular flexibility index (Phi) is 6.98. The Hall–Kier alpha value is -3.51. The van der Waals surface area contributed by atoms with E-state index < -0.39 is 0 Å². The van der Waals surface area contributed by atoms with Gasteiger partial charge in [0.05, 0.1) is 4.91 Å². The fraction of sp³-hybridized carbons (Fsp3) is 0.281. The highest BCUT2D eigenvalue weighted by Crippen LogP contribution is 2.42. The van der Waals surface area contributed by atoms with E-state index in [1.165, 1.54) is 18.6 Å². The van der Waals surface area contributed by atoms with Crippen molar-refractivity contribution in [3.8, 4) is 0 Å². The van der Waals surface area contributed by atoms with Gasteiger partial charge in [0.2, 0.25) is 0 Å². The van der Waals surface area contributed by atoms with Gasteiger partial charge in [0.25, 0.3) is 5.91 Å². The summed E-state index contributed by atoms with van der Waals surface area (Å²) in [7, 11) is 0. The van der Waals surface area contributed by atoms with E-state index in [9.17, 15) is 9.18 Å². The zero-order chi connectivity index (χ0) is 26.1. The van der Waals surface area contributed by atoms with Crippen LogP contribution in [-0.2, 0) is 11.3 Å². The van der Waals surface area contributed by atoms with E-state index in [1.807, 2.05) is 42.5 Å². The number of para-hydroxylation sites is 2. The molecule has 6 rings (SSSR count). The van der Waals surface area contributed by atoms with Crippen LogP contribution < -0.4 is 5.32 Å². The second kappa shape index (κ2) is 10.7. The molecule has 1 aromatic heterocycles. The second-order valence-electron chi connectivity index (χ2n) is 10.4. The Bertz CT molecular complexity index is 1460. The lowest BCUT2D eigenvalue weighted by Gasteiger charge is -2.39. The molecular weight excluding hydrogens is 493 g/mol. The highest BCUT2D eigenvalue weighted by Gasteiger charge is 2.43. The molecule has 6 heteroatoms. The van der Waals surface area contributed by atoms with E-state index >= 15 is 0 Å². The first-order chi connectivity index (χ1) is 18.6. The summed E-state index contributed by atoms with van der Waals surface area (Å²) < 4.78 is 15.6. The third-order valence-electron chi connectivity index (χ3n) is 7.80. The Morgan fingerprint density at radius 1 is 0.974 bits per heavy atom. The van der Waals surface area contributed by atoms with Crippen LogP contribution in [0.1, 0.15) is 43.7 Å². The van der Waals surface area contributed by atoms with Gasteiger partial charge >= 0.3 is 0 Å². The number of fused-ring (bicyclic) bond motifs is 1. The fourth-order valence-corrected chi connectivity index (χ4v) is 7.02. The van der Waals surface area contributed by atoms with E-state index in [1.54, 1.807) is 11.8 Å². The third-order valence-corrected chi connectivity index (χ3v) is 8.91. The molecule has 1 saturated heterocycles. The molecule has 0 spiro atoms. The largest absolute Gasteiger partial charge is 0.356 e. The second-order valence-corrected chi connectivity index (χ2v) is 11.5. The number of amides is 1. The summed E-state index contributed by atoms with van der Waals surface area (Å²) >= 11 is 1.61. The molecule has 1 saturated carbocycles. The van der Waals surface area contributed by atoms with E-state index in [2.05, 4.69) is 58.2 Å². The van der Waals surface area contributed by atoms with Crippen molar-refractivity contribution >= 4 is 40.3 Å². The Balaban J connectivity index is 1.35. The van der Waals surface area contributed by atoms with Crippen molar-refractivity contribution in [3.05, 3.63) is 107 Å². The van der Waals surface area contributed by atoms with Gasteiger partial charge in [-0.25, -0.2) is 4.39 Å². The van der Waals surface area contributed by atoms with Gasteiger partial charge in [0.1, 0.15) is 5.82 Å². The van der Waals surface area contributed by atoms with E-state index in [0.717, 1.165) is 51.9 Å². The number of nitrogens with zero attached hydrogens (tertiary/aromatic N) is 2. The molecule has 1 aliphatic heterocycles. The van der Waals surface area contributed by atoms with Gasteiger partial charge in [-0.2, -0.15) is 0 Å². The van der Waals surface area contributed by atoms with Gasteiger partial charge in [-0.3, -0.25) is 4.79 Å². The number of carbonyl (C=O) groups excluding carboxylic acids is 1. The zero-order valence-corrected chi connectivity index (χ0v) is 22.3. The number of hydrogen-bond donors (Lipinski definition) is 1. The third kappa shape index (κ3) is 4.97. The quantitative estimate of drug-likeness (QED) is 0.262. The molecular formula is C32H32FN3OS. The zero-order valence-electron chi connectivity index (χ0n) is 21.5. The summed E-state index contributed by atoms with van der Waals surface area (Å²) in [5, 5.41) is 4.73. The van der Waals surface area contributed by atoms with Gasteiger partial charge in [-0.15, -0.1) is 0 Å². The van der Waals surface area contributed by atoms with Gasteiger partial charge in [-0.05, 0) is 60.7 Å². The minimum atomic E-state index is -0.233. The lowest BCUT2D eigenvalue weighted by molar-refractivity contribution is -0.129. The molecule has 1 N–H and O–H groups in total. The Labute approximate surface area is 227 Å². The van der Waals surface area contributed by atoms with Crippen molar-refractivity contribution in [2.75, 3.05) is 5.32 Å². The maximum Gasteiger partial charge on any atom is 0.262 e. The lowest BCUT2D eigenvalue weighted by Crippen LogP contribution is -2.48. The van der Waals surface area contributed by atoms with Crippen molar-refractivity contribution < 1.29 is 9.18 Å². The highest BCUT2D eigenvalue weighted by molar-refractivity contribution is 8.05. The molecule has 4 aromatic rings. The molecule has 38 heavy (non-hydrogen) atoms. The maximum absolute atomic E-state index is 14.0. The molecule has 3 aromatic carbocycles. The van der Waals surface area contributed by atoms with Gasteiger partial charge in [0.15, 0.2) is 5.50 Å². The summed E-state index contributed by atoms with van der Waals surface area (Å²) in [4.78, 5) is 16.8. The van der Waals surface area contributed by atoms with Crippen molar-refractivity contribution in [3.63, 3.8) is 0 Å². The SMILES string of the molecule is C[C@@H]1CCCC[C@H]1N1C(=O)/C(=C/c2cn(Cc3ccc(F)cc3)c3ccccc23)SC1Nc1ccccc1. The molecule has 2 heterocycles. The van der Waals surface area contributed by atoms with Crippen LogP contribution in [0, 0.1) is 11.7 Å². The minimum Gasteiger partial charge on any atom is -0.356 e. The summed E-state index contributed by atoms with van der Waals surface area (Å²) in [5.74, 6) is 0.353. The lowest BCUT2D eigenvalue weighted by atomic mass is 9.85. The molecule has 1 unspecified atom stereocenters. The van der Waals surface area contributed by atoms with E-state index in [4.69, 9.17) is 0 Å². The molecule has 0 radical (unpaired) electrons. The summed E-state index contributed by atoms with van der Waals surface area (Å²) in [6.07, 6.45) is 8.78. The topological polar surface area (TPSA) is 37.3 Å². The molecule has 194 valence electrons. The summed E-state index contributed by atoms with van der Waals surface area (Å²) in [5.41, 5.74) is 4.02. The van der Waals surface area contributed by atoms with Gasteiger partial charge < -0.3 is 14.8 Å². The number of nitrogens with one attached hydrogen (secondary N) is 1. The van der Waals surface area contributed by atoms with Crippen molar-refractivity contribution in [2.45, 2.75) is 50.7 Å². The van der Waals surface area contributed by atoms with Crippen LogP contribution in [0.3, 0.4) is 0 Å². The summed E-state index contributed by atoms with van der Waals surface area (Å²) in [6.45, 7) is 2.92. The molecule has 3 atom stereocenters. The van der Waals surface area contributed by atoms with Crippen molar-refractivity contribution in [1.29, 1.82) is 0 Å². The summed E-state index contributed by atoms with van der Waals surface area (Å²) in [6, 6.07) is 25.3. The van der Waals surface area contributed by atoms with E-state index in [-0.39, 0.29) is 23.3 Å². The van der Waals surface area contributed by atoms with Crippen LogP contribution >= 0.6 is 11.8 Å². The first-order valence-corrected chi connectivity index (χ1v) is 14.3. The fourth-order valence-electron chi connectivity index (χ4n) is 5.82. The van der Waals surface area contributed by atoms with Crippen LogP contribution in [0.2, 0.25) is 0 Å². The number of aromatic nitrogens is 1. The predicted octanol–water partition coefficient (Wildman–Crippen LogP) is 7.72. The monoisotopic (exact) mass is 525 g/mol.